The van der Waals surface area contributed by atoms with E-state index < -0.39 is 0 Å². The first-order chi connectivity index (χ1) is 9.52. The molecule has 8 heteroatoms. The van der Waals surface area contributed by atoms with Crippen molar-refractivity contribution >= 4 is 34.8 Å². The van der Waals surface area contributed by atoms with Gasteiger partial charge in [0.1, 0.15) is 5.69 Å². The number of carbonyl (C=O) groups is 1. The molecule has 0 radical (unpaired) electrons. The Balaban J connectivity index is 0.00000161. The van der Waals surface area contributed by atoms with Gasteiger partial charge in [0.05, 0.1) is 11.4 Å². The lowest BCUT2D eigenvalue weighted by atomic mass is 9.99. The maximum absolute atomic E-state index is 12.2. The van der Waals surface area contributed by atoms with E-state index in [0.29, 0.717) is 10.8 Å². The molecule has 0 spiro atoms. The summed E-state index contributed by atoms with van der Waals surface area (Å²) in [6.45, 7) is 1.86. The van der Waals surface area contributed by atoms with E-state index in [4.69, 9.17) is 5.73 Å². The highest BCUT2D eigenvalue weighted by Crippen LogP contribution is 2.29. The number of nitrogens with one attached hydrogen (secondary N) is 1. The smallest absolute Gasteiger partial charge is 0.275 e. The molecule has 2 aromatic rings. The molecule has 0 saturated heterocycles. The standard InChI is InChI=1S/C13H17N5OS.ClH/c1-7-5-10(18(2)17-7)12(19)16-13-15-9-4-3-8(14)6-11(9)20-13;/h5,8H,3-4,6,14H2,1-2H3,(H,15,16,19);1H/t8-;/m0./s1. The number of aromatic nitrogens is 3. The summed E-state index contributed by atoms with van der Waals surface area (Å²) in [5.74, 6) is -0.177. The number of amides is 1. The third-order valence-electron chi connectivity index (χ3n) is 3.43. The molecule has 114 valence electrons. The van der Waals surface area contributed by atoms with Gasteiger partial charge in [0.15, 0.2) is 5.13 Å². The van der Waals surface area contributed by atoms with E-state index in [-0.39, 0.29) is 24.4 Å². The number of rotatable bonds is 2. The molecule has 3 rings (SSSR count). The lowest BCUT2D eigenvalue weighted by Crippen LogP contribution is -2.27. The van der Waals surface area contributed by atoms with Crippen molar-refractivity contribution in [3.8, 4) is 0 Å². The molecule has 0 aromatic carbocycles. The monoisotopic (exact) mass is 327 g/mol. The Labute approximate surface area is 133 Å². The van der Waals surface area contributed by atoms with Crippen molar-refractivity contribution in [2.75, 3.05) is 5.32 Å². The quantitative estimate of drug-likeness (QED) is 0.878. The number of fused-ring (bicyclic) bond motifs is 1. The number of anilines is 1. The van der Waals surface area contributed by atoms with Crippen LogP contribution in [0.3, 0.4) is 0 Å². The Morgan fingerprint density at radius 1 is 1.57 bits per heavy atom. The van der Waals surface area contributed by atoms with Crippen LogP contribution < -0.4 is 11.1 Å². The lowest BCUT2D eigenvalue weighted by Gasteiger charge is -2.15. The molecule has 2 heterocycles. The number of hydrogen-bond donors (Lipinski definition) is 2. The van der Waals surface area contributed by atoms with Crippen molar-refractivity contribution in [3.63, 3.8) is 0 Å². The fraction of sp³-hybridized carbons (Fsp3) is 0.462. The first kappa shape index (κ1) is 15.9. The van der Waals surface area contributed by atoms with Crippen molar-refractivity contribution in [2.45, 2.75) is 32.2 Å². The van der Waals surface area contributed by atoms with Gasteiger partial charge in [-0.1, -0.05) is 0 Å². The molecule has 1 amide bonds. The van der Waals surface area contributed by atoms with Gasteiger partial charge >= 0.3 is 0 Å². The van der Waals surface area contributed by atoms with Gasteiger partial charge in [-0.25, -0.2) is 4.98 Å². The topological polar surface area (TPSA) is 85.8 Å². The fourth-order valence-corrected chi connectivity index (χ4v) is 3.53. The Morgan fingerprint density at radius 3 is 3.00 bits per heavy atom. The van der Waals surface area contributed by atoms with Crippen molar-refractivity contribution in [3.05, 3.63) is 28.0 Å². The molecule has 3 N–H and O–H groups in total. The Bertz CT molecular complexity index is 666. The van der Waals surface area contributed by atoms with Crippen LogP contribution in [0.25, 0.3) is 0 Å². The average molecular weight is 328 g/mol. The summed E-state index contributed by atoms with van der Waals surface area (Å²) in [6, 6.07) is 1.98. The van der Waals surface area contributed by atoms with Crippen molar-refractivity contribution < 1.29 is 4.79 Å². The van der Waals surface area contributed by atoms with E-state index in [2.05, 4.69) is 15.4 Å². The SMILES string of the molecule is Cc1cc(C(=O)Nc2nc3c(s2)C[C@@H](N)CC3)n(C)n1.Cl. The fourth-order valence-electron chi connectivity index (χ4n) is 2.44. The molecule has 2 aromatic heterocycles. The predicted molar refractivity (Wildman–Crippen MR) is 85.3 cm³/mol. The highest BCUT2D eigenvalue weighted by molar-refractivity contribution is 7.15. The molecule has 1 atom stereocenters. The van der Waals surface area contributed by atoms with Gasteiger partial charge in [-0.3, -0.25) is 14.8 Å². The zero-order valence-electron chi connectivity index (χ0n) is 11.9. The Kier molecular flexibility index (Phi) is 4.65. The molecule has 1 aliphatic rings. The summed E-state index contributed by atoms with van der Waals surface area (Å²) in [4.78, 5) is 17.9. The second kappa shape index (κ2) is 6.13. The minimum absolute atomic E-state index is 0. The van der Waals surface area contributed by atoms with Gasteiger partial charge in [0.2, 0.25) is 0 Å². The Hall–Kier alpha value is -1.44. The van der Waals surface area contributed by atoms with Crippen molar-refractivity contribution in [1.82, 2.24) is 14.8 Å². The normalized spacial score (nSPS) is 17.0. The third kappa shape index (κ3) is 3.25. The molecule has 21 heavy (non-hydrogen) atoms. The minimum atomic E-state index is -0.177. The van der Waals surface area contributed by atoms with Crippen LogP contribution in [-0.4, -0.2) is 26.7 Å². The molecule has 0 bridgehead atoms. The summed E-state index contributed by atoms with van der Waals surface area (Å²) in [6.07, 6.45) is 2.71. The van der Waals surface area contributed by atoms with Crippen LogP contribution in [0.4, 0.5) is 5.13 Å². The number of halogens is 1. The molecular weight excluding hydrogens is 310 g/mol. The molecule has 0 unspecified atom stereocenters. The summed E-state index contributed by atoms with van der Waals surface area (Å²) in [7, 11) is 1.76. The van der Waals surface area contributed by atoms with Crippen LogP contribution in [0.15, 0.2) is 6.07 Å². The average Bonchev–Trinajstić information content (AvgIpc) is 2.91. The van der Waals surface area contributed by atoms with Gasteiger partial charge in [-0.2, -0.15) is 5.10 Å². The zero-order chi connectivity index (χ0) is 14.3. The first-order valence-corrected chi connectivity index (χ1v) is 7.40. The Morgan fingerprint density at radius 2 is 2.33 bits per heavy atom. The van der Waals surface area contributed by atoms with Crippen LogP contribution in [-0.2, 0) is 19.9 Å². The number of thiazole rings is 1. The predicted octanol–water partition coefficient (Wildman–Crippen LogP) is 1.68. The summed E-state index contributed by atoms with van der Waals surface area (Å²) >= 11 is 1.52. The van der Waals surface area contributed by atoms with Crippen LogP contribution in [0, 0.1) is 6.92 Å². The van der Waals surface area contributed by atoms with Crippen LogP contribution in [0.5, 0.6) is 0 Å². The number of carbonyl (C=O) groups excluding carboxylic acids is 1. The van der Waals surface area contributed by atoms with Crippen molar-refractivity contribution in [2.24, 2.45) is 12.8 Å². The molecule has 0 fully saturated rings. The van der Waals surface area contributed by atoms with E-state index >= 15 is 0 Å². The molecule has 6 nitrogen and oxygen atoms in total. The largest absolute Gasteiger partial charge is 0.327 e. The summed E-state index contributed by atoms with van der Waals surface area (Å²) in [5, 5.41) is 7.67. The van der Waals surface area contributed by atoms with Gasteiger partial charge in [0.25, 0.3) is 5.91 Å². The van der Waals surface area contributed by atoms with Crippen LogP contribution >= 0.6 is 23.7 Å². The summed E-state index contributed by atoms with van der Waals surface area (Å²) in [5.41, 5.74) is 8.39. The van der Waals surface area contributed by atoms with E-state index in [1.54, 1.807) is 17.8 Å². The molecule has 1 aliphatic carbocycles. The van der Waals surface area contributed by atoms with Gasteiger partial charge in [0, 0.05) is 18.0 Å². The van der Waals surface area contributed by atoms with E-state index in [1.807, 2.05) is 6.92 Å². The second-order valence-corrected chi connectivity index (χ2v) is 6.22. The van der Waals surface area contributed by atoms with E-state index in [9.17, 15) is 4.79 Å². The second-order valence-electron chi connectivity index (χ2n) is 5.14. The maximum atomic E-state index is 12.2. The van der Waals surface area contributed by atoms with Crippen molar-refractivity contribution in [1.29, 1.82) is 0 Å². The summed E-state index contributed by atoms with van der Waals surface area (Å²) < 4.78 is 1.58. The first-order valence-electron chi connectivity index (χ1n) is 6.59. The molecular formula is C13H18ClN5OS. The maximum Gasteiger partial charge on any atom is 0.275 e. The van der Waals surface area contributed by atoms with Gasteiger partial charge in [-0.15, -0.1) is 23.7 Å². The number of nitrogens with zero attached hydrogens (tertiary/aromatic N) is 3. The number of nitrogens with two attached hydrogens (primary N) is 1. The molecule has 0 aliphatic heterocycles. The lowest BCUT2D eigenvalue weighted by molar-refractivity contribution is 0.101. The molecule has 0 saturated carbocycles. The highest BCUT2D eigenvalue weighted by Gasteiger charge is 2.21. The zero-order valence-corrected chi connectivity index (χ0v) is 13.6. The number of aryl methyl sites for hydroxylation is 3. The van der Waals surface area contributed by atoms with E-state index in [1.165, 1.54) is 16.2 Å². The number of hydrogen-bond acceptors (Lipinski definition) is 5. The minimum Gasteiger partial charge on any atom is -0.327 e. The van der Waals surface area contributed by atoms with Gasteiger partial charge < -0.3 is 5.73 Å². The van der Waals surface area contributed by atoms with E-state index in [0.717, 1.165) is 30.7 Å². The highest BCUT2D eigenvalue weighted by atomic mass is 35.5. The van der Waals surface area contributed by atoms with Gasteiger partial charge in [-0.05, 0) is 32.3 Å². The van der Waals surface area contributed by atoms with Crippen LogP contribution in [0.2, 0.25) is 0 Å². The third-order valence-corrected chi connectivity index (χ3v) is 4.47. The van der Waals surface area contributed by atoms with Crippen LogP contribution in [0.1, 0.15) is 33.2 Å².